The normalized spacial score (nSPS) is 10.2. The zero-order valence-corrected chi connectivity index (χ0v) is 14.1. The molecule has 0 saturated heterocycles. The lowest BCUT2D eigenvalue weighted by Gasteiger charge is -2.15. The number of rotatable bonds is 4. The Morgan fingerprint density at radius 2 is 1.75 bits per heavy atom. The number of carbonyl (C=O) groups is 2. The molecule has 24 heavy (non-hydrogen) atoms. The first-order valence-electron chi connectivity index (χ1n) is 6.81. The molecule has 6 nitrogen and oxygen atoms in total. The lowest BCUT2D eigenvalue weighted by Crippen LogP contribution is -2.11. The minimum absolute atomic E-state index is 0.159. The summed E-state index contributed by atoms with van der Waals surface area (Å²) in [7, 11) is 2.59. The Kier molecular flexibility index (Phi) is 5.31. The van der Waals surface area contributed by atoms with Gasteiger partial charge < -0.3 is 18.9 Å². The Labute approximate surface area is 143 Å². The van der Waals surface area contributed by atoms with Crippen molar-refractivity contribution in [2.75, 3.05) is 14.2 Å². The number of methoxy groups -OCH3 is 2. The fourth-order valence-electron chi connectivity index (χ4n) is 1.97. The summed E-state index contributed by atoms with van der Waals surface area (Å²) in [5.74, 6) is -0.0646. The first-order chi connectivity index (χ1) is 11.4. The molecule has 0 fully saturated rings. The van der Waals surface area contributed by atoms with Crippen LogP contribution in [0.4, 0.5) is 4.79 Å². The molecule has 0 aliphatic heterocycles. The Balaban J connectivity index is 2.69. The van der Waals surface area contributed by atoms with Gasteiger partial charge >= 0.3 is 12.1 Å². The fourth-order valence-corrected chi connectivity index (χ4v) is 2.14. The third-order valence-corrected chi connectivity index (χ3v) is 3.34. The highest BCUT2D eigenvalue weighted by Crippen LogP contribution is 2.42. The highest BCUT2D eigenvalue weighted by atomic mass is 35.5. The lowest BCUT2D eigenvalue weighted by atomic mass is 10.1. The summed E-state index contributed by atoms with van der Waals surface area (Å²) in [6.07, 6.45) is -0.898. The predicted molar refractivity (Wildman–Crippen MR) is 89.0 cm³/mol. The average molecular weight is 351 g/mol. The summed E-state index contributed by atoms with van der Waals surface area (Å²) in [6.45, 7) is 5.08. The summed E-state index contributed by atoms with van der Waals surface area (Å²) in [5, 5.41) is 1.35. The van der Waals surface area contributed by atoms with E-state index in [4.69, 9.17) is 25.8 Å². The van der Waals surface area contributed by atoms with E-state index < -0.39 is 12.1 Å². The molecule has 0 bridgehead atoms. The van der Waals surface area contributed by atoms with Gasteiger partial charge in [-0.25, -0.2) is 9.59 Å². The monoisotopic (exact) mass is 350 g/mol. The van der Waals surface area contributed by atoms with E-state index in [0.717, 1.165) is 0 Å². The number of ether oxygens (including phenoxy) is 4. The van der Waals surface area contributed by atoms with E-state index in [1.807, 2.05) is 0 Å². The first kappa shape index (κ1) is 17.6. The van der Waals surface area contributed by atoms with Gasteiger partial charge in [-0.1, -0.05) is 18.2 Å². The lowest BCUT2D eigenvalue weighted by molar-refractivity contribution is -0.130. The van der Waals surface area contributed by atoms with Crippen LogP contribution in [-0.4, -0.2) is 26.3 Å². The van der Waals surface area contributed by atoms with Crippen molar-refractivity contribution in [2.24, 2.45) is 0 Å². The average Bonchev–Trinajstić information content (AvgIpc) is 2.56. The summed E-state index contributed by atoms with van der Waals surface area (Å²) >= 11 is 6.02. The van der Waals surface area contributed by atoms with Gasteiger partial charge in [-0.05, 0) is 25.1 Å². The van der Waals surface area contributed by atoms with Crippen LogP contribution in [0.25, 0.3) is 10.8 Å². The van der Waals surface area contributed by atoms with Gasteiger partial charge in [-0.2, -0.15) is 0 Å². The number of halogens is 1. The maximum Gasteiger partial charge on any atom is 0.513 e. The number of hydrogen-bond donors (Lipinski definition) is 0. The Morgan fingerprint density at radius 1 is 1.04 bits per heavy atom. The topological polar surface area (TPSA) is 71.1 Å². The van der Waals surface area contributed by atoms with Gasteiger partial charge in [-0.15, -0.1) is 0 Å². The molecule has 0 N–H and O–H groups in total. The zero-order chi connectivity index (χ0) is 17.9. The predicted octanol–water partition coefficient (Wildman–Crippen LogP) is 4.13. The van der Waals surface area contributed by atoms with Gasteiger partial charge in [-0.3, -0.25) is 0 Å². The van der Waals surface area contributed by atoms with E-state index in [1.165, 1.54) is 27.2 Å². The van der Waals surface area contributed by atoms with E-state index >= 15 is 0 Å². The Hall–Kier alpha value is -2.73. The molecular formula is C17H15ClO6. The molecule has 126 valence electrons. The molecule has 0 radical (unpaired) electrons. The number of carbonyl (C=O) groups excluding carboxylic acids is 2. The van der Waals surface area contributed by atoms with E-state index in [0.29, 0.717) is 15.8 Å². The van der Waals surface area contributed by atoms with Crippen molar-refractivity contribution in [3.8, 4) is 17.2 Å². The van der Waals surface area contributed by atoms with Crippen LogP contribution in [0.2, 0.25) is 5.02 Å². The fraction of sp³-hybridized carbons (Fsp3) is 0.176. The molecule has 2 aromatic carbocycles. The summed E-state index contributed by atoms with van der Waals surface area (Å²) in [5.41, 5.74) is 0.231. The van der Waals surface area contributed by atoms with Crippen molar-refractivity contribution in [2.45, 2.75) is 6.92 Å². The van der Waals surface area contributed by atoms with Crippen LogP contribution in [0, 0.1) is 0 Å². The molecule has 2 rings (SSSR count). The first-order valence-corrected chi connectivity index (χ1v) is 7.19. The maximum absolute atomic E-state index is 11.9. The second-order valence-electron chi connectivity index (χ2n) is 4.82. The van der Waals surface area contributed by atoms with Crippen molar-refractivity contribution in [3.63, 3.8) is 0 Å². The van der Waals surface area contributed by atoms with Gasteiger partial charge in [0.1, 0.15) is 5.75 Å². The van der Waals surface area contributed by atoms with Crippen LogP contribution in [0.5, 0.6) is 17.2 Å². The quantitative estimate of drug-likeness (QED) is 0.357. The van der Waals surface area contributed by atoms with Crippen LogP contribution in [-0.2, 0) is 9.53 Å². The van der Waals surface area contributed by atoms with Crippen LogP contribution in [0.1, 0.15) is 6.92 Å². The number of esters is 1. The van der Waals surface area contributed by atoms with Gasteiger partial charge in [0.25, 0.3) is 0 Å². The molecular weight excluding hydrogens is 336 g/mol. The molecule has 0 spiro atoms. The summed E-state index contributed by atoms with van der Waals surface area (Å²) in [4.78, 5) is 23.3. The molecule has 2 aromatic rings. The van der Waals surface area contributed by atoms with Crippen molar-refractivity contribution in [3.05, 3.63) is 41.4 Å². The van der Waals surface area contributed by atoms with Crippen molar-refractivity contribution >= 4 is 34.5 Å². The molecule has 7 heteroatoms. The minimum atomic E-state index is -0.898. The SMILES string of the molecule is C=C(C)C(=O)Oc1c(OC)cc(OC(=O)OC)c2cc(Cl)ccc12. The largest absolute Gasteiger partial charge is 0.513 e. The van der Waals surface area contributed by atoms with E-state index in [1.54, 1.807) is 18.2 Å². The second kappa shape index (κ2) is 7.23. The smallest absolute Gasteiger partial charge is 0.493 e. The van der Waals surface area contributed by atoms with Crippen molar-refractivity contribution in [1.29, 1.82) is 0 Å². The third kappa shape index (κ3) is 3.60. The Bertz CT molecular complexity index is 827. The summed E-state index contributed by atoms with van der Waals surface area (Å²) < 4.78 is 20.2. The van der Waals surface area contributed by atoms with Crippen LogP contribution in [0.3, 0.4) is 0 Å². The zero-order valence-electron chi connectivity index (χ0n) is 13.3. The standard InChI is InChI=1S/C17H15ClO6/c1-9(2)16(19)24-15-11-6-5-10(18)7-12(11)13(8-14(15)21-3)23-17(20)22-4/h5-8H,1H2,2-4H3. The number of hydrogen-bond acceptors (Lipinski definition) is 6. The Morgan fingerprint density at radius 3 is 2.33 bits per heavy atom. The number of fused-ring (bicyclic) bond motifs is 1. The van der Waals surface area contributed by atoms with Crippen LogP contribution < -0.4 is 14.2 Å². The van der Waals surface area contributed by atoms with Crippen molar-refractivity contribution in [1.82, 2.24) is 0 Å². The highest BCUT2D eigenvalue weighted by molar-refractivity contribution is 6.31. The van der Waals surface area contributed by atoms with Gasteiger partial charge in [0.15, 0.2) is 11.5 Å². The van der Waals surface area contributed by atoms with Crippen molar-refractivity contribution < 1.29 is 28.5 Å². The molecule has 0 atom stereocenters. The van der Waals surface area contributed by atoms with Gasteiger partial charge in [0, 0.05) is 27.4 Å². The van der Waals surface area contributed by atoms with Gasteiger partial charge in [0.05, 0.1) is 14.2 Å². The number of benzene rings is 2. The third-order valence-electron chi connectivity index (χ3n) is 3.10. The molecule has 0 heterocycles. The maximum atomic E-state index is 11.9. The van der Waals surface area contributed by atoms with E-state index in [-0.39, 0.29) is 22.8 Å². The molecule has 0 saturated carbocycles. The van der Waals surface area contributed by atoms with Crippen LogP contribution in [0.15, 0.2) is 36.4 Å². The molecule has 0 aliphatic rings. The van der Waals surface area contributed by atoms with E-state index in [2.05, 4.69) is 11.3 Å². The van der Waals surface area contributed by atoms with Gasteiger partial charge in [0.2, 0.25) is 0 Å². The summed E-state index contributed by atoms with van der Waals surface area (Å²) in [6, 6.07) is 6.23. The molecule has 0 aliphatic carbocycles. The van der Waals surface area contributed by atoms with Crippen LogP contribution >= 0.6 is 11.6 Å². The highest BCUT2D eigenvalue weighted by Gasteiger charge is 2.20. The second-order valence-corrected chi connectivity index (χ2v) is 5.26. The molecule has 0 aromatic heterocycles. The minimum Gasteiger partial charge on any atom is -0.493 e. The molecule has 0 unspecified atom stereocenters. The van der Waals surface area contributed by atoms with E-state index in [9.17, 15) is 9.59 Å². The molecule has 0 amide bonds.